The number of anilines is 1. The van der Waals surface area contributed by atoms with E-state index in [1.165, 1.54) is 4.70 Å². The Morgan fingerprint density at radius 3 is 2.86 bits per heavy atom. The van der Waals surface area contributed by atoms with Crippen LogP contribution in [0.4, 0.5) is 5.13 Å². The van der Waals surface area contributed by atoms with Crippen molar-refractivity contribution in [3.63, 3.8) is 0 Å². The average Bonchev–Trinajstić information content (AvgIpc) is 2.91. The first kappa shape index (κ1) is 15.7. The summed E-state index contributed by atoms with van der Waals surface area (Å²) >= 11 is 1.67. The third kappa shape index (κ3) is 3.26. The van der Waals surface area contributed by atoms with E-state index in [-0.39, 0.29) is 6.04 Å². The van der Waals surface area contributed by atoms with E-state index >= 15 is 0 Å². The Bertz CT molecular complexity index is 722. The molecule has 1 saturated heterocycles. The number of para-hydroxylation sites is 1. The highest BCUT2D eigenvalue weighted by atomic mass is 32.2. The quantitative estimate of drug-likeness (QED) is 0.930. The molecule has 1 N–H and O–H groups in total. The molecule has 1 unspecified atom stereocenters. The molecule has 1 aliphatic rings. The van der Waals surface area contributed by atoms with Gasteiger partial charge in [-0.15, -0.1) is 0 Å². The Hall–Kier alpha value is -1.18. The molecule has 2 aromatic rings. The number of aromatic nitrogens is 1. The van der Waals surface area contributed by atoms with Crippen molar-refractivity contribution in [2.75, 3.05) is 18.0 Å². The largest absolute Gasteiger partial charge is 0.346 e. The lowest BCUT2D eigenvalue weighted by Gasteiger charge is -2.33. The molecule has 1 fully saturated rings. The monoisotopic (exact) mass is 339 g/mol. The van der Waals surface area contributed by atoms with Crippen molar-refractivity contribution in [3.05, 3.63) is 24.3 Å². The highest BCUT2D eigenvalue weighted by Crippen LogP contribution is 2.30. The van der Waals surface area contributed by atoms with Gasteiger partial charge >= 0.3 is 0 Å². The predicted molar refractivity (Wildman–Crippen MR) is 92.0 cm³/mol. The number of fused-ring (bicyclic) bond motifs is 1. The standard InChI is InChI=1S/C15H21N3O2S2/c1-11(2)22(19,20)17-12-6-5-9-18(10-12)15-16-13-7-3-4-8-14(13)21-15/h3-4,7-8,11-12,17H,5-6,9-10H2,1-2H3. The molecule has 0 amide bonds. The summed E-state index contributed by atoms with van der Waals surface area (Å²) in [4.78, 5) is 6.87. The van der Waals surface area contributed by atoms with Gasteiger partial charge in [0, 0.05) is 19.1 Å². The number of piperidine rings is 1. The second kappa shape index (κ2) is 6.14. The van der Waals surface area contributed by atoms with E-state index < -0.39 is 15.3 Å². The second-order valence-corrected chi connectivity index (χ2v) is 9.24. The molecule has 0 saturated carbocycles. The zero-order valence-electron chi connectivity index (χ0n) is 12.8. The molecule has 1 aromatic carbocycles. The molecule has 0 bridgehead atoms. The van der Waals surface area contributed by atoms with Gasteiger partial charge in [-0.25, -0.2) is 18.1 Å². The lowest BCUT2D eigenvalue weighted by Crippen LogP contribution is -2.49. The minimum atomic E-state index is -3.22. The van der Waals surface area contributed by atoms with Crippen molar-refractivity contribution < 1.29 is 8.42 Å². The Kier molecular flexibility index (Phi) is 4.38. The number of rotatable bonds is 4. The maximum Gasteiger partial charge on any atom is 0.214 e. The Balaban J connectivity index is 1.75. The highest BCUT2D eigenvalue weighted by molar-refractivity contribution is 7.90. The number of benzene rings is 1. The van der Waals surface area contributed by atoms with Crippen molar-refractivity contribution in [2.45, 2.75) is 38.0 Å². The van der Waals surface area contributed by atoms with Gasteiger partial charge < -0.3 is 4.90 Å². The maximum absolute atomic E-state index is 12.0. The van der Waals surface area contributed by atoms with Crippen molar-refractivity contribution in [2.24, 2.45) is 0 Å². The SMILES string of the molecule is CC(C)S(=O)(=O)NC1CCCN(c2nc3ccccc3s2)C1. The summed E-state index contributed by atoms with van der Waals surface area (Å²) in [5, 5.41) is 0.583. The number of sulfonamides is 1. The van der Waals surface area contributed by atoms with Crippen LogP contribution in [0.2, 0.25) is 0 Å². The molecule has 7 heteroatoms. The summed E-state index contributed by atoms with van der Waals surface area (Å²) < 4.78 is 28.1. The molecular formula is C15H21N3O2S2. The van der Waals surface area contributed by atoms with E-state index in [0.717, 1.165) is 30.0 Å². The van der Waals surface area contributed by atoms with Crippen LogP contribution in [0.1, 0.15) is 26.7 Å². The van der Waals surface area contributed by atoms with E-state index in [1.807, 2.05) is 18.2 Å². The maximum atomic E-state index is 12.0. The molecule has 1 aromatic heterocycles. The van der Waals surface area contributed by atoms with E-state index in [2.05, 4.69) is 20.7 Å². The van der Waals surface area contributed by atoms with Crippen LogP contribution in [-0.2, 0) is 10.0 Å². The van der Waals surface area contributed by atoms with Crippen LogP contribution >= 0.6 is 11.3 Å². The fourth-order valence-electron chi connectivity index (χ4n) is 2.61. The molecule has 0 aliphatic carbocycles. The van der Waals surface area contributed by atoms with Gasteiger partial charge in [0.15, 0.2) is 5.13 Å². The summed E-state index contributed by atoms with van der Waals surface area (Å²) in [7, 11) is -3.22. The summed E-state index contributed by atoms with van der Waals surface area (Å²) in [6, 6.07) is 8.05. The highest BCUT2D eigenvalue weighted by Gasteiger charge is 2.27. The summed E-state index contributed by atoms with van der Waals surface area (Å²) in [5.74, 6) is 0. The van der Waals surface area contributed by atoms with Crippen molar-refractivity contribution in [1.29, 1.82) is 0 Å². The molecule has 0 spiro atoms. The van der Waals surface area contributed by atoms with Crippen LogP contribution in [-0.4, -0.2) is 37.8 Å². The van der Waals surface area contributed by atoms with Gasteiger partial charge in [0.1, 0.15) is 0 Å². The van der Waals surface area contributed by atoms with Gasteiger partial charge in [0.2, 0.25) is 10.0 Å². The summed E-state index contributed by atoms with van der Waals surface area (Å²) in [5.41, 5.74) is 1.01. The van der Waals surface area contributed by atoms with Crippen LogP contribution in [0, 0.1) is 0 Å². The molecule has 1 aliphatic heterocycles. The smallest absolute Gasteiger partial charge is 0.214 e. The number of nitrogens with zero attached hydrogens (tertiary/aromatic N) is 2. The summed E-state index contributed by atoms with van der Waals surface area (Å²) in [6.45, 7) is 5.03. The first-order valence-electron chi connectivity index (χ1n) is 7.57. The van der Waals surface area contributed by atoms with Gasteiger partial charge in [0.05, 0.1) is 15.5 Å². The van der Waals surface area contributed by atoms with E-state index in [0.29, 0.717) is 6.54 Å². The fraction of sp³-hybridized carbons (Fsp3) is 0.533. The third-order valence-electron chi connectivity index (χ3n) is 3.93. The number of thiazole rings is 1. The molecule has 1 atom stereocenters. The topological polar surface area (TPSA) is 62.3 Å². The van der Waals surface area contributed by atoms with Gasteiger partial charge in [-0.3, -0.25) is 0 Å². The molecule has 3 rings (SSSR count). The molecule has 0 radical (unpaired) electrons. The number of nitrogens with one attached hydrogen (secondary N) is 1. The minimum Gasteiger partial charge on any atom is -0.346 e. The first-order chi connectivity index (χ1) is 10.5. The van der Waals surface area contributed by atoms with Crippen LogP contribution in [0.5, 0.6) is 0 Å². The first-order valence-corrected chi connectivity index (χ1v) is 9.93. The molecule has 120 valence electrons. The third-order valence-corrected chi connectivity index (χ3v) is 6.93. The van der Waals surface area contributed by atoms with Crippen molar-refractivity contribution in [1.82, 2.24) is 9.71 Å². The van der Waals surface area contributed by atoms with Gasteiger partial charge in [0.25, 0.3) is 0 Å². The Morgan fingerprint density at radius 2 is 2.14 bits per heavy atom. The normalized spacial score (nSPS) is 20.0. The van der Waals surface area contributed by atoms with Gasteiger partial charge in [-0.2, -0.15) is 0 Å². The fourth-order valence-corrected chi connectivity index (χ4v) is 4.54. The van der Waals surface area contributed by atoms with Crippen LogP contribution in [0.3, 0.4) is 0 Å². The molecule has 22 heavy (non-hydrogen) atoms. The molecular weight excluding hydrogens is 318 g/mol. The van der Waals surface area contributed by atoms with Crippen molar-refractivity contribution >= 4 is 36.7 Å². The zero-order chi connectivity index (χ0) is 15.7. The number of hydrogen-bond donors (Lipinski definition) is 1. The summed E-state index contributed by atoms with van der Waals surface area (Å²) in [6.07, 6.45) is 1.86. The molecule has 5 nitrogen and oxygen atoms in total. The van der Waals surface area contributed by atoms with E-state index in [4.69, 9.17) is 0 Å². The minimum absolute atomic E-state index is 0.0341. The van der Waals surface area contributed by atoms with Crippen molar-refractivity contribution in [3.8, 4) is 0 Å². The average molecular weight is 339 g/mol. The Morgan fingerprint density at radius 1 is 1.36 bits per heavy atom. The van der Waals surface area contributed by atoms with Crippen LogP contribution < -0.4 is 9.62 Å². The van der Waals surface area contributed by atoms with Crippen LogP contribution in [0.15, 0.2) is 24.3 Å². The van der Waals surface area contributed by atoms with Gasteiger partial charge in [-0.1, -0.05) is 23.5 Å². The lowest BCUT2D eigenvalue weighted by atomic mass is 10.1. The van der Waals surface area contributed by atoms with Gasteiger partial charge in [-0.05, 0) is 38.8 Å². The lowest BCUT2D eigenvalue weighted by molar-refractivity contribution is 0.463. The van der Waals surface area contributed by atoms with Crippen LogP contribution in [0.25, 0.3) is 10.2 Å². The Labute approximate surface area is 135 Å². The predicted octanol–water partition coefficient (Wildman–Crippen LogP) is 2.59. The zero-order valence-corrected chi connectivity index (χ0v) is 14.5. The molecule has 2 heterocycles. The van der Waals surface area contributed by atoms with E-state index in [9.17, 15) is 8.42 Å². The second-order valence-electron chi connectivity index (χ2n) is 5.96. The van der Waals surface area contributed by atoms with E-state index in [1.54, 1.807) is 25.2 Å². The number of hydrogen-bond acceptors (Lipinski definition) is 5.